The van der Waals surface area contributed by atoms with Crippen molar-refractivity contribution < 1.29 is 19.1 Å². The van der Waals surface area contributed by atoms with Gasteiger partial charge >= 0.3 is 0 Å². The molecular weight excluding hydrogens is 459 g/mol. The van der Waals surface area contributed by atoms with Crippen molar-refractivity contribution in [2.45, 2.75) is 24.3 Å². The van der Waals surface area contributed by atoms with Gasteiger partial charge in [0, 0.05) is 16.2 Å². The molecule has 0 aromatic heterocycles. The number of fused-ring (bicyclic) bond motifs is 1. The second-order valence-corrected chi connectivity index (χ2v) is 8.55. The summed E-state index contributed by atoms with van der Waals surface area (Å²) in [6.07, 6.45) is 0.489. The SMILES string of the molecule is C=C(CC)C(=O)c1ccc(OCC(=O)N[C@@H]2CSc3ccccc3NC2=O)c(Cl)c1Cl. The number of ketones is 1. The second-order valence-electron chi connectivity index (χ2n) is 6.73. The fourth-order valence-corrected chi connectivity index (χ4v) is 4.31. The van der Waals surface area contributed by atoms with E-state index >= 15 is 0 Å². The zero-order valence-electron chi connectivity index (χ0n) is 16.7. The molecule has 1 atom stereocenters. The van der Waals surface area contributed by atoms with Crippen LogP contribution in [-0.4, -0.2) is 36.0 Å². The van der Waals surface area contributed by atoms with Crippen LogP contribution in [0.1, 0.15) is 23.7 Å². The maximum Gasteiger partial charge on any atom is 0.258 e. The fourth-order valence-electron chi connectivity index (χ4n) is 2.82. The van der Waals surface area contributed by atoms with Gasteiger partial charge in [-0.2, -0.15) is 0 Å². The Balaban J connectivity index is 1.61. The molecule has 1 aliphatic rings. The standard InChI is InChI=1S/C22H20Cl2N2O4S/c1-3-12(2)21(28)13-8-9-16(20(24)19(13)23)30-10-18(27)25-15-11-31-17-7-5-4-6-14(17)26-22(15)29/h4-9,15H,2-3,10-11H2,1H3,(H,25,27)(H,26,29)/t15-/m1/s1. The van der Waals surface area contributed by atoms with Crippen molar-refractivity contribution in [3.8, 4) is 5.75 Å². The van der Waals surface area contributed by atoms with E-state index in [1.807, 2.05) is 31.2 Å². The molecule has 0 radical (unpaired) electrons. The normalized spacial score (nSPS) is 15.3. The van der Waals surface area contributed by atoms with Gasteiger partial charge in [0.05, 0.1) is 10.7 Å². The van der Waals surface area contributed by atoms with Gasteiger partial charge in [-0.25, -0.2) is 0 Å². The maximum atomic E-state index is 12.4. The predicted molar refractivity (Wildman–Crippen MR) is 123 cm³/mol. The van der Waals surface area contributed by atoms with E-state index in [1.165, 1.54) is 23.9 Å². The summed E-state index contributed by atoms with van der Waals surface area (Å²) in [6, 6.07) is 9.68. The van der Waals surface area contributed by atoms with Crippen molar-refractivity contribution in [2.75, 3.05) is 17.7 Å². The van der Waals surface area contributed by atoms with Gasteiger partial charge in [-0.15, -0.1) is 11.8 Å². The molecule has 0 fully saturated rings. The molecule has 0 spiro atoms. The van der Waals surface area contributed by atoms with Crippen LogP contribution in [0.3, 0.4) is 0 Å². The van der Waals surface area contributed by atoms with Crippen LogP contribution in [0.4, 0.5) is 5.69 Å². The molecule has 2 N–H and O–H groups in total. The van der Waals surface area contributed by atoms with Gasteiger partial charge in [-0.1, -0.05) is 48.8 Å². The molecule has 0 unspecified atom stereocenters. The molecule has 6 nitrogen and oxygen atoms in total. The van der Waals surface area contributed by atoms with Crippen molar-refractivity contribution in [1.29, 1.82) is 0 Å². The Bertz CT molecular complexity index is 1060. The van der Waals surface area contributed by atoms with Crippen LogP contribution in [0.25, 0.3) is 0 Å². The molecule has 2 amide bonds. The molecule has 0 saturated heterocycles. The van der Waals surface area contributed by atoms with Crippen molar-refractivity contribution >= 4 is 58.2 Å². The highest BCUT2D eigenvalue weighted by atomic mass is 35.5. The summed E-state index contributed by atoms with van der Waals surface area (Å²) in [6.45, 7) is 5.16. The lowest BCUT2D eigenvalue weighted by Crippen LogP contribution is -2.46. The maximum absolute atomic E-state index is 12.4. The summed E-state index contributed by atoms with van der Waals surface area (Å²) >= 11 is 13.9. The average Bonchev–Trinajstić information content (AvgIpc) is 2.92. The number of anilines is 1. The number of carbonyl (C=O) groups is 3. The Hall–Kier alpha value is -2.48. The van der Waals surface area contributed by atoms with E-state index in [9.17, 15) is 14.4 Å². The predicted octanol–water partition coefficient (Wildman–Crippen LogP) is 4.75. The number of para-hydroxylation sites is 1. The molecular formula is C22H20Cl2N2O4S. The number of carbonyl (C=O) groups excluding carboxylic acids is 3. The number of hydrogen-bond donors (Lipinski definition) is 2. The first-order chi connectivity index (χ1) is 14.8. The van der Waals surface area contributed by atoms with E-state index in [0.29, 0.717) is 23.4 Å². The molecule has 2 aromatic carbocycles. The number of allylic oxidation sites excluding steroid dienone is 1. The van der Waals surface area contributed by atoms with E-state index in [4.69, 9.17) is 27.9 Å². The van der Waals surface area contributed by atoms with Gasteiger partial charge in [-0.3, -0.25) is 14.4 Å². The number of rotatable bonds is 7. The Morgan fingerprint density at radius 2 is 1.97 bits per heavy atom. The van der Waals surface area contributed by atoms with Gasteiger partial charge in [0.2, 0.25) is 5.91 Å². The van der Waals surface area contributed by atoms with Crippen molar-refractivity contribution in [2.24, 2.45) is 0 Å². The molecule has 162 valence electrons. The number of nitrogens with one attached hydrogen (secondary N) is 2. The topological polar surface area (TPSA) is 84.5 Å². The van der Waals surface area contributed by atoms with Gasteiger partial charge in [0.25, 0.3) is 5.91 Å². The van der Waals surface area contributed by atoms with E-state index in [0.717, 1.165) is 4.90 Å². The zero-order chi connectivity index (χ0) is 22.5. The first-order valence-corrected chi connectivity index (χ1v) is 11.2. The van der Waals surface area contributed by atoms with Crippen LogP contribution in [0.5, 0.6) is 5.75 Å². The summed E-state index contributed by atoms with van der Waals surface area (Å²) in [7, 11) is 0. The summed E-state index contributed by atoms with van der Waals surface area (Å²) < 4.78 is 5.47. The third-order valence-electron chi connectivity index (χ3n) is 4.60. The summed E-state index contributed by atoms with van der Waals surface area (Å²) in [5.74, 6) is -0.535. The van der Waals surface area contributed by atoms with Crippen molar-refractivity contribution in [3.63, 3.8) is 0 Å². The smallest absolute Gasteiger partial charge is 0.258 e. The third kappa shape index (κ3) is 5.42. The first kappa shape index (κ1) is 23.2. The van der Waals surface area contributed by atoms with E-state index in [1.54, 1.807) is 0 Å². The van der Waals surface area contributed by atoms with E-state index < -0.39 is 11.9 Å². The molecule has 0 saturated carbocycles. The molecule has 1 heterocycles. The highest BCUT2D eigenvalue weighted by molar-refractivity contribution is 7.99. The minimum absolute atomic E-state index is 0.0300. The minimum atomic E-state index is -0.715. The van der Waals surface area contributed by atoms with Gasteiger partial charge in [0.15, 0.2) is 12.4 Å². The number of amides is 2. The molecule has 0 aliphatic carbocycles. The molecule has 2 aromatic rings. The summed E-state index contributed by atoms with van der Waals surface area (Å²) in [5.41, 5.74) is 1.35. The minimum Gasteiger partial charge on any atom is -0.482 e. The summed E-state index contributed by atoms with van der Waals surface area (Å²) in [4.78, 5) is 38.0. The molecule has 1 aliphatic heterocycles. The van der Waals surface area contributed by atoms with Gasteiger partial charge in [0.1, 0.15) is 16.8 Å². The average molecular weight is 479 g/mol. The Morgan fingerprint density at radius 1 is 1.23 bits per heavy atom. The number of Topliss-reactive ketones (excluding diaryl/α,β-unsaturated/α-hetero) is 1. The lowest BCUT2D eigenvalue weighted by Gasteiger charge is -2.16. The quantitative estimate of drug-likeness (QED) is 0.442. The fraction of sp³-hybridized carbons (Fsp3) is 0.227. The number of thioether (sulfide) groups is 1. The summed E-state index contributed by atoms with van der Waals surface area (Å²) in [5, 5.41) is 5.54. The monoisotopic (exact) mass is 478 g/mol. The second kappa shape index (κ2) is 10.2. The lowest BCUT2D eigenvalue weighted by atomic mass is 10.0. The Kier molecular flexibility index (Phi) is 7.64. The number of halogens is 2. The molecule has 0 bridgehead atoms. The van der Waals surface area contributed by atoms with E-state index in [2.05, 4.69) is 17.2 Å². The highest BCUT2D eigenvalue weighted by Gasteiger charge is 2.26. The van der Waals surface area contributed by atoms with Crippen LogP contribution in [0, 0.1) is 0 Å². The van der Waals surface area contributed by atoms with Gasteiger partial charge in [-0.05, 0) is 36.3 Å². The number of benzene rings is 2. The number of ether oxygens (including phenoxy) is 1. The highest BCUT2D eigenvalue weighted by Crippen LogP contribution is 2.36. The Labute approximate surface area is 194 Å². The first-order valence-electron chi connectivity index (χ1n) is 9.47. The number of hydrogen-bond acceptors (Lipinski definition) is 5. The third-order valence-corrected chi connectivity index (χ3v) is 6.63. The van der Waals surface area contributed by atoms with Crippen LogP contribution in [0.2, 0.25) is 10.0 Å². The molecule has 31 heavy (non-hydrogen) atoms. The van der Waals surface area contributed by atoms with Crippen LogP contribution < -0.4 is 15.4 Å². The molecule has 9 heteroatoms. The van der Waals surface area contributed by atoms with Crippen molar-refractivity contribution in [1.82, 2.24) is 5.32 Å². The van der Waals surface area contributed by atoms with Gasteiger partial charge < -0.3 is 15.4 Å². The van der Waals surface area contributed by atoms with E-state index in [-0.39, 0.29) is 39.7 Å². The lowest BCUT2D eigenvalue weighted by molar-refractivity contribution is -0.127. The van der Waals surface area contributed by atoms with Crippen LogP contribution in [-0.2, 0) is 9.59 Å². The molecule has 3 rings (SSSR count). The van der Waals surface area contributed by atoms with Crippen LogP contribution in [0.15, 0.2) is 53.4 Å². The van der Waals surface area contributed by atoms with Crippen LogP contribution >= 0.6 is 35.0 Å². The largest absolute Gasteiger partial charge is 0.482 e. The Morgan fingerprint density at radius 3 is 2.71 bits per heavy atom. The van der Waals surface area contributed by atoms with Crippen molar-refractivity contribution in [3.05, 3.63) is 64.2 Å². The zero-order valence-corrected chi connectivity index (χ0v) is 19.0.